The molecule has 5 rings (SSSR count). The third kappa shape index (κ3) is 6.91. The number of amides is 2. The number of rotatable bonds is 3. The van der Waals surface area contributed by atoms with E-state index < -0.39 is 12.1 Å². The summed E-state index contributed by atoms with van der Waals surface area (Å²) in [5.74, 6) is -2.01. The minimum Gasteiger partial charge on any atom is -0.475 e. The summed E-state index contributed by atoms with van der Waals surface area (Å²) in [6.07, 6.45) is 5.48. The highest BCUT2D eigenvalue weighted by Gasteiger charge is 2.43. The van der Waals surface area contributed by atoms with E-state index in [0.29, 0.717) is 18.8 Å². The number of halogens is 3. The van der Waals surface area contributed by atoms with Crippen molar-refractivity contribution in [3.63, 3.8) is 0 Å². The molecule has 3 aliphatic heterocycles. The van der Waals surface area contributed by atoms with E-state index in [9.17, 15) is 22.8 Å². The molecule has 1 aromatic heterocycles. The van der Waals surface area contributed by atoms with Crippen molar-refractivity contribution in [2.75, 3.05) is 31.5 Å². The number of carboxylic acids is 1. The predicted molar refractivity (Wildman–Crippen MR) is 139 cm³/mol. The number of hydrogen-bond acceptors (Lipinski definition) is 5. The van der Waals surface area contributed by atoms with Crippen molar-refractivity contribution in [2.24, 2.45) is 5.41 Å². The Labute approximate surface area is 223 Å². The number of fused-ring (bicyclic) bond motifs is 1. The Kier molecular flexibility index (Phi) is 8.49. The molecule has 0 radical (unpaired) electrons. The van der Waals surface area contributed by atoms with Gasteiger partial charge in [0.25, 0.3) is 0 Å². The maximum Gasteiger partial charge on any atom is 0.490 e. The molecule has 2 aromatic rings. The number of alkyl halides is 3. The molecule has 0 bridgehead atoms. The number of nitrogens with one attached hydrogen (secondary N) is 2. The largest absolute Gasteiger partial charge is 0.490 e. The van der Waals surface area contributed by atoms with E-state index >= 15 is 0 Å². The van der Waals surface area contributed by atoms with E-state index in [4.69, 9.17) is 9.90 Å². The number of piperidine rings is 1. The van der Waals surface area contributed by atoms with E-state index in [1.165, 1.54) is 11.1 Å². The maximum atomic E-state index is 12.7. The Morgan fingerprint density at radius 2 is 1.82 bits per heavy atom. The topological polar surface area (TPSA) is 112 Å². The van der Waals surface area contributed by atoms with Gasteiger partial charge in [-0.15, -0.1) is 0 Å². The summed E-state index contributed by atoms with van der Waals surface area (Å²) in [5, 5.41) is 13.5. The minimum atomic E-state index is -5.08. The van der Waals surface area contributed by atoms with Crippen molar-refractivity contribution in [1.82, 2.24) is 15.2 Å². The lowest BCUT2D eigenvalue weighted by atomic mass is 9.71. The molecule has 0 unspecified atom stereocenters. The van der Waals surface area contributed by atoms with Crippen LogP contribution in [0, 0.1) is 5.41 Å². The summed E-state index contributed by atoms with van der Waals surface area (Å²) in [6.45, 7) is 3.06. The van der Waals surface area contributed by atoms with Gasteiger partial charge in [0.05, 0.1) is 5.41 Å². The smallest absolute Gasteiger partial charge is 0.475 e. The lowest BCUT2D eigenvalue weighted by Gasteiger charge is -2.39. The molecule has 8 nitrogen and oxygen atoms in total. The molecule has 1 saturated heterocycles. The molecule has 206 valence electrons. The summed E-state index contributed by atoms with van der Waals surface area (Å²) in [4.78, 5) is 40.6. The van der Waals surface area contributed by atoms with Crippen LogP contribution in [0.4, 0.5) is 19.0 Å². The Hall–Kier alpha value is -3.99. The molecule has 1 aromatic carbocycles. The number of pyridine rings is 1. The van der Waals surface area contributed by atoms with Crippen molar-refractivity contribution in [1.29, 1.82) is 0 Å². The fraction of sp³-hybridized carbons (Fsp3) is 0.357. The van der Waals surface area contributed by atoms with Crippen molar-refractivity contribution < 1.29 is 32.7 Å². The third-order valence-corrected chi connectivity index (χ3v) is 7.12. The first-order chi connectivity index (χ1) is 18.6. The second-order valence-electron chi connectivity index (χ2n) is 9.70. The summed E-state index contributed by atoms with van der Waals surface area (Å²) in [5.41, 5.74) is 4.12. The first-order valence-electron chi connectivity index (χ1n) is 12.6. The van der Waals surface area contributed by atoms with E-state index in [2.05, 4.69) is 39.9 Å². The quantitative estimate of drug-likeness (QED) is 0.508. The van der Waals surface area contributed by atoms with Gasteiger partial charge in [0, 0.05) is 25.4 Å². The number of nitrogens with zero attached hydrogens (tertiary/aromatic N) is 2. The Morgan fingerprint density at radius 3 is 2.44 bits per heavy atom. The fourth-order valence-corrected chi connectivity index (χ4v) is 4.92. The molecule has 3 N–H and O–H groups in total. The zero-order valence-corrected chi connectivity index (χ0v) is 21.1. The van der Waals surface area contributed by atoms with Gasteiger partial charge in [-0.1, -0.05) is 36.4 Å². The third-order valence-electron chi connectivity index (χ3n) is 7.12. The highest BCUT2D eigenvalue weighted by atomic mass is 19.4. The number of aliphatic carboxylic acids is 1. The van der Waals surface area contributed by atoms with Gasteiger partial charge in [0.1, 0.15) is 5.82 Å². The molecule has 3 aliphatic rings. The number of anilines is 1. The van der Waals surface area contributed by atoms with Gasteiger partial charge < -0.3 is 20.6 Å². The first-order valence-corrected chi connectivity index (χ1v) is 12.6. The lowest BCUT2D eigenvalue weighted by Crippen LogP contribution is -2.48. The van der Waals surface area contributed by atoms with Crippen LogP contribution >= 0.6 is 0 Å². The van der Waals surface area contributed by atoms with Crippen LogP contribution in [0.5, 0.6) is 0 Å². The summed E-state index contributed by atoms with van der Waals surface area (Å²) >= 11 is 0. The van der Waals surface area contributed by atoms with Crippen LogP contribution in [0.25, 0.3) is 11.6 Å². The van der Waals surface area contributed by atoms with E-state index in [0.717, 1.165) is 50.0 Å². The van der Waals surface area contributed by atoms with Crippen molar-refractivity contribution >= 4 is 35.3 Å². The molecular weight excluding hydrogens is 513 g/mol. The van der Waals surface area contributed by atoms with E-state index in [-0.39, 0.29) is 17.2 Å². The highest BCUT2D eigenvalue weighted by molar-refractivity contribution is 5.98. The van der Waals surface area contributed by atoms with Crippen LogP contribution < -0.4 is 10.6 Å². The zero-order chi connectivity index (χ0) is 28.0. The number of hydrogen-bond donors (Lipinski definition) is 3. The van der Waals surface area contributed by atoms with Crippen LogP contribution in [-0.2, 0) is 20.8 Å². The van der Waals surface area contributed by atoms with Gasteiger partial charge in [-0.25, -0.2) is 9.78 Å². The molecule has 11 heteroatoms. The predicted octanol–water partition coefficient (Wildman–Crippen LogP) is 3.91. The van der Waals surface area contributed by atoms with Crippen molar-refractivity contribution in [3.05, 3.63) is 71.4 Å². The van der Waals surface area contributed by atoms with Crippen LogP contribution in [-0.4, -0.2) is 65.1 Å². The molecule has 4 heterocycles. The highest BCUT2D eigenvalue weighted by Crippen LogP contribution is 2.39. The van der Waals surface area contributed by atoms with Gasteiger partial charge >= 0.3 is 12.1 Å². The monoisotopic (exact) mass is 542 g/mol. The summed E-state index contributed by atoms with van der Waals surface area (Å²) < 4.78 is 31.7. The molecule has 39 heavy (non-hydrogen) atoms. The van der Waals surface area contributed by atoms with Crippen LogP contribution in [0.2, 0.25) is 0 Å². The van der Waals surface area contributed by atoms with Gasteiger partial charge in [-0.2, -0.15) is 13.2 Å². The second kappa shape index (κ2) is 11.8. The maximum absolute atomic E-state index is 12.7. The van der Waals surface area contributed by atoms with E-state index in [1.54, 1.807) is 12.3 Å². The van der Waals surface area contributed by atoms with Crippen LogP contribution in [0.15, 0.2) is 54.7 Å². The first kappa shape index (κ1) is 28.0. The number of aromatic nitrogens is 1. The van der Waals surface area contributed by atoms with Crippen LogP contribution in [0.1, 0.15) is 36.0 Å². The average Bonchev–Trinajstić information content (AvgIpc) is 2.93. The second-order valence-corrected chi connectivity index (χ2v) is 9.70. The van der Waals surface area contributed by atoms with Gasteiger partial charge in [0.2, 0.25) is 11.8 Å². The van der Waals surface area contributed by atoms with Crippen molar-refractivity contribution in [2.45, 2.75) is 31.9 Å². The number of benzene rings is 1. The molecule has 0 aliphatic carbocycles. The summed E-state index contributed by atoms with van der Waals surface area (Å²) in [6, 6.07) is 12.4. The SMILES string of the molecule is O=C(C=Cc1cnc2c(c1)CC1(CCNCC1)C(=O)N2)N1CC=C(c2ccccc2)CC1.O=C(O)C(F)(F)F. The minimum absolute atomic E-state index is 0.00853. The number of carboxylic acid groups (broad SMARTS) is 1. The Balaban J connectivity index is 0.000000448. The standard InChI is InChI=1S/C26H28N4O2.C2HF3O2/c31-23(30-14-8-21(9-15-30)20-4-2-1-3-5-20)7-6-19-16-22-17-26(10-12-27-13-11-26)25(32)29-24(22)28-18-19;3-2(4,5)1(6)7/h1-8,16,18,27H,9-15,17H2,(H,28,29,32);(H,6,7). The molecular formula is C28H29F3N4O4. The van der Waals surface area contributed by atoms with Crippen LogP contribution in [0.3, 0.4) is 0 Å². The molecule has 0 atom stereocenters. The van der Waals surface area contributed by atoms with Gasteiger partial charge in [0.15, 0.2) is 0 Å². The lowest BCUT2D eigenvalue weighted by molar-refractivity contribution is -0.192. The molecule has 0 saturated carbocycles. The van der Waals surface area contributed by atoms with Gasteiger partial charge in [-0.05, 0) is 73.2 Å². The number of carbonyl (C=O) groups is 3. The normalized spacial score (nSPS) is 18.5. The van der Waals surface area contributed by atoms with E-state index in [1.807, 2.05) is 29.2 Å². The molecule has 1 fully saturated rings. The fourth-order valence-electron chi connectivity index (χ4n) is 4.92. The molecule has 1 spiro atoms. The Bertz CT molecular complexity index is 1290. The average molecular weight is 543 g/mol. The Morgan fingerprint density at radius 1 is 1.13 bits per heavy atom. The molecule has 2 amide bonds. The zero-order valence-electron chi connectivity index (χ0n) is 21.1. The number of carbonyl (C=O) groups excluding carboxylic acids is 2. The van der Waals surface area contributed by atoms with Gasteiger partial charge in [-0.3, -0.25) is 9.59 Å². The summed E-state index contributed by atoms with van der Waals surface area (Å²) in [7, 11) is 0. The van der Waals surface area contributed by atoms with Crippen molar-refractivity contribution in [3.8, 4) is 0 Å².